The van der Waals surface area contributed by atoms with Gasteiger partial charge in [-0.25, -0.2) is 4.79 Å². The zero-order valence-corrected chi connectivity index (χ0v) is 23.8. The van der Waals surface area contributed by atoms with Crippen molar-refractivity contribution in [3.63, 3.8) is 0 Å². The molecule has 8 heteroatoms. The Bertz CT molecular complexity index is 1150. The van der Waals surface area contributed by atoms with Gasteiger partial charge in [-0.3, -0.25) is 14.4 Å². The van der Waals surface area contributed by atoms with E-state index >= 15 is 0 Å². The second kappa shape index (κ2) is 11.9. The van der Waals surface area contributed by atoms with E-state index in [1.165, 1.54) is 13.8 Å². The monoisotopic (exact) mass is 540 g/mol. The summed E-state index contributed by atoms with van der Waals surface area (Å²) in [5, 5.41) is 12.3. The summed E-state index contributed by atoms with van der Waals surface area (Å²) in [6, 6.07) is 8.56. The van der Waals surface area contributed by atoms with Crippen LogP contribution in [0, 0.1) is 23.2 Å². The van der Waals surface area contributed by atoms with Crippen LogP contribution in [0.1, 0.15) is 71.7 Å². The van der Waals surface area contributed by atoms with Crippen molar-refractivity contribution in [2.24, 2.45) is 23.2 Å². The van der Waals surface area contributed by atoms with Gasteiger partial charge in [0, 0.05) is 37.5 Å². The van der Waals surface area contributed by atoms with Crippen LogP contribution in [0.2, 0.25) is 0 Å². The van der Waals surface area contributed by atoms with Gasteiger partial charge < -0.3 is 19.3 Å². The maximum absolute atomic E-state index is 13.3. The largest absolute Gasteiger partial charge is 0.459 e. The molecule has 0 unspecified atom stereocenters. The van der Waals surface area contributed by atoms with Crippen LogP contribution in [0.4, 0.5) is 0 Å². The van der Waals surface area contributed by atoms with Crippen molar-refractivity contribution in [3.05, 3.63) is 59.7 Å². The average molecular weight is 541 g/mol. The highest BCUT2D eigenvalue weighted by Gasteiger charge is 2.58. The molecule has 1 saturated carbocycles. The Labute approximate surface area is 230 Å². The summed E-state index contributed by atoms with van der Waals surface area (Å²) in [6.45, 7) is 11.5. The molecule has 7 atom stereocenters. The number of Topliss-reactive ketones (excluding diaryl/α,β-unsaturated/α-hetero) is 1. The van der Waals surface area contributed by atoms with Gasteiger partial charge >= 0.3 is 17.9 Å². The molecule has 2 aliphatic carbocycles. The standard InChI is InChI=1S/C31H40O8/c1-18-13-14-30(6,7)26(34)16-25(37-21(4)32)19(2)15-24-27(39-29(35)23-11-9-8-10-12-23)20(3)17-31(24,36)28(18)38-22(5)33/h8-15,18,20,24-25,27-28,36H,16-17H2,1-7H3/b14-13+,19-15+/t18-,20-,24-,25+,27-,28-,31+/m0/s1. The minimum Gasteiger partial charge on any atom is -0.459 e. The minimum atomic E-state index is -1.62. The second-order valence-electron chi connectivity index (χ2n) is 11.5. The Balaban J connectivity index is 2.17. The second-order valence-corrected chi connectivity index (χ2v) is 11.5. The number of carbonyl (C=O) groups excluding carboxylic acids is 4. The third kappa shape index (κ3) is 6.85. The van der Waals surface area contributed by atoms with Crippen LogP contribution in [0.25, 0.3) is 0 Å². The molecule has 212 valence electrons. The molecule has 1 aromatic rings. The molecule has 0 radical (unpaired) electrons. The Kier molecular flexibility index (Phi) is 9.21. The molecule has 1 N–H and O–H groups in total. The lowest BCUT2D eigenvalue weighted by Gasteiger charge is -2.40. The predicted octanol–water partition coefficient (Wildman–Crippen LogP) is 4.60. The first kappa shape index (κ1) is 30.3. The number of allylic oxidation sites excluding steroid dienone is 1. The highest BCUT2D eigenvalue weighted by atomic mass is 16.6. The molecular weight excluding hydrogens is 500 g/mol. The van der Waals surface area contributed by atoms with Gasteiger partial charge in [0.25, 0.3) is 0 Å². The van der Waals surface area contributed by atoms with Crippen molar-refractivity contribution in [1.82, 2.24) is 0 Å². The highest BCUT2D eigenvalue weighted by Crippen LogP contribution is 2.48. The van der Waals surface area contributed by atoms with Gasteiger partial charge in [-0.1, -0.05) is 50.3 Å². The number of hydrogen-bond acceptors (Lipinski definition) is 8. The molecule has 0 heterocycles. The van der Waals surface area contributed by atoms with E-state index in [0.29, 0.717) is 11.1 Å². The number of ketones is 1. The third-order valence-electron chi connectivity index (χ3n) is 7.82. The molecule has 8 nitrogen and oxygen atoms in total. The first-order valence-corrected chi connectivity index (χ1v) is 13.4. The Hall–Kier alpha value is -3.26. The molecule has 0 aliphatic heterocycles. The molecule has 0 bridgehead atoms. The molecule has 0 saturated heterocycles. The van der Waals surface area contributed by atoms with E-state index in [4.69, 9.17) is 14.2 Å². The lowest BCUT2D eigenvalue weighted by Crippen LogP contribution is -2.52. The highest BCUT2D eigenvalue weighted by molar-refractivity contribution is 5.89. The van der Waals surface area contributed by atoms with Crippen LogP contribution in [0.3, 0.4) is 0 Å². The molecule has 3 rings (SSSR count). The molecule has 39 heavy (non-hydrogen) atoms. The van der Waals surface area contributed by atoms with Crippen LogP contribution in [0.15, 0.2) is 54.1 Å². The van der Waals surface area contributed by atoms with Gasteiger partial charge in [0.1, 0.15) is 29.7 Å². The van der Waals surface area contributed by atoms with Crippen LogP contribution in [-0.2, 0) is 28.6 Å². The number of benzene rings is 1. The molecule has 2 aliphatic rings. The molecule has 1 aromatic carbocycles. The SMILES string of the molecule is CC(=O)O[C@@H]1CC(=O)C(C)(C)/C=C/[C@H](C)[C@H](OC(C)=O)[C@@]2(O)C[C@H](C)[C@H](OC(=O)c3ccccc3)[C@@H]2/C=C/1C. The quantitative estimate of drug-likeness (QED) is 0.335. The summed E-state index contributed by atoms with van der Waals surface area (Å²) in [7, 11) is 0. The first-order chi connectivity index (χ1) is 18.2. The van der Waals surface area contributed by atoms with Gasteiger partial charge in [-0.2, -0.15) is 0 Å². The van der Waals surface area contributed by atoms with E-state index in [1.807, 2.05) is 13.8 Å². The average Bonchev–Trinajstić information content (AvgIpc) is 3.09. The van der Waals surface area contributed by atoms with Gasteiger partial charge in [-0.05, 0) is 50.8 Å². The third-order valence-corrected chi connectivity index (χ3v) is 7.82. The summed E-state index contributed by atoms with van der Waals surface area (Å²) in [6.07, 6.45) is 2.70. The number of aliphatic hydroxyl groups is 1. The number of rotatable bonds is 4. The van der Waals surface area contributed by atoms with Crippen LogP contribution in [0.5, 0.6) is 0 Å². The van der Waals surface area contributed by atoms with Crippen molar-refractivity contribution in [2.45, 2.75) is 85.2 Å². The topological polar surface area (TPSA) is 116 Å². The maximum Gasteiger partial charge on any atom is 0.338 e. The van der Waals surface area contributed by atoms with E-state index < -0.39 is 59.1 Å². The van der Waals surface area contributed by atoms with Crippen molar-refractivity contribution < 1.29 is 38.5 Å². The van der Waals surface area contributed by atoms with E-state index in [-0.39, 0.29) is 24.5 Å². The van der Waals surface area contributed by atoms with Crippen LogP contribution >= 0.6 is 0 Å². The van der Waals surface area contributed by atoms with Gasteiger partial charge in [0.2, 0.25) is 0 Å². The Morgan fingerprint density at radius 1 is 0.974 bits per heavy atom. The molecular formula is C31H40O8. The molecule has 0 aromatic heterocycles. The fourth-order valence-electron chi connectivity index (χ4n) is 5.65. The van der Waals surface area contributed by atoms with E-state index in [1.54, 1.807) is 69.3 Å². The van der Waals surface area contributed by atoms with Crippen LogP contribution in [-0.4, -0.2) is 52.7 Å². The number of esters is 3. The van der Waals surface area contributed by atoms with E-state index in [2.05, 4.69) is 0 Å². The number of fused-ring (bicyclic) bond motifs is 1. The Morgan fingerprint density at radius 3 is 2.18 bits per heavy atom. The van der Waals surface area contributed by atoms with Gasteiger partial charge in [0.05, 0.1) is 5.56 Å². The predicted molar refractivity (Wildman–Crippen MR) is 144 cm³/mol. The van der Waals surface area contributed by atoms with Crippen molar-refractivity contribution in [1.29, 1.82) is 0 Å². The summed E-state index contributed by atoms with van der Waals surface area (Å²) in [4.78, 5) is 50.6. The summed E-state index contributed by atoms with van der Waals surface area (Å²) in [5.74, 6) is -3.39. The fourth-order valence-corrected chi connectivity index (χ4v) is 5.65. The number of hydrogen-bond donors (Lipinski definition) is 1. The Morgan fingerprint density at radius 2 is 1.59 bits per heavy atom. The summed E-state index contributed by atoms with van der Waals surface area (Å²) in [5.41, 5.74) is -1.61. The zero-order valence-electron chi connectivity index (χ0n) is 23.8. The van der Waals surface area contributed by atoms with Crippen molar-refractivity contribution in [2.75, 3.05) is 0 Å². The minimum absolute atomic E-state index is 0.0593. The normalized spacial score (nSPS) is 34.8. The molecule has 1 fully saturated rings. The van der Waals surface area contributed by atoms with Crippen molar-refractivity contribution in [3.8, 4) is 0 Å². The maximum atomic E-state index is 13.3. The number of ether oxygens (including phenoxy) is 3. The fraction of sp³-hybridized carbons (Fsp3) is 0.548. The molecule has 0 spiro atoms. The lowest BCUT2D eigenvalue weighted by molar-refractivity contribution is -0.173. The van der Waals surface area contributed by atoms with E-state index in [0.717, 1.165) is 0 Å². The number of carbonyl (C=O) groups is 4. The van der Waals surface area contributed by atoms with Crippen molar-refractivity contribution >= 4 is 23.7 Å². The summed E-state index contributed by atoms with van der Waals surface area (Å²) < 4.78 is 17.3. The first-order valence-electron chi connectivity index (χ1n) is 13.4. The molecule has 0 amide bonds. The zero-order chi connectivity index (χ0) is 29.1. The summed E-state index contributed by atoms with van der Waals surface area (Å²) >= 11 is 0. The smallest absolute Gasteiger partial charge is 0.338 e. The lowest BCUT2D eigenvalue weighted by atomic mass is 9.75. The van der Waals surface area contributed by atoms with Crippen LogP contribution < -0.4 is 0 Å². The van der Waals surface area contributed by atoms with Gasteiger partial charge in [-0.15, -0.1) is 0 Å². The van der Waals surface area contributed by atoms with E-state index in [9.17, 15) is 24.3 Å². The van der Waals surface area contributed by atoms with Gasteiger partial charge in [0.15, 0.2) is 0 Å².